The first-order valence-corrected chi connectivity index (χ1v) is 9.95. The summed E-state index contributed by atoms with van der Waals surface area (Å²) in [4.78, 5) is 13.2. The molecule has 0 atom stereocenters. The minimum atomic E-state index is -1.93. The van der Waals surface area contributed by atoms with Gasteiger partial charge in [0.15, 0.2) is 0 Å². The quantitative estimate of drug-likeness (QED) is 0.443. The lowest BCUT2D eigenvalue weighted by Gasteiger charge is -2.29. The van der Waals surface area contributed by atoms with E-state index in [4.69, 9.17) is 0 Å². The molecule has 0 heterocycles. The number of hydrogen-bond acceptors (Lipinski definition) is 1. The monoisotopic (exact) mass is 369 g/mol. The molecular weight excluding hydrogens is 349 g/mol. The molecule has 0 unspecified atom stereocenters. The summed E-state index contributed by atoms with van der Waals surface area (Å²) >= 11 is 0. The zero-order valence-corrected chi connectivity index (χ0v) is 15.8. The van der Waals surface area contributed by atoms with Crippen LogP contribution in [0, 0.1) is 0 Å². The van der Waals surface area contributed by atoms with E-state index in [0.29, 0.717) is 6.29 Å². The van der Waals surface area contributed by atoms with Crippen LogP contribution >= 0.6 is 7.26 Å². The van der Waals surface area contributed by atoms with Gasteiger partial charge in [-0.1, -0.05) is 54.6 Å². The third kappa shape index (κ3) is 3.92. The third-order valence-corrected chi connectivity index (χ3v) is 8.62. The Labute approximate surface area is 156 Å². The van der Waals surface area contributed by atoms with Gasteiger partial charge in [0.1, 0.15) is 29.5 Å². The maximum atomic E-state index is 11.4. The van der Waals surface area contributed by atoms with Crippen molar-refractivity contribution in [1.29, 1.82) is 0 Å². The van der Waals surface area contributed by atoms with Crippen LogP contribution < -0.4 is 28.3 Å². The molecule has 3 aromatic carbocycles. The lowest BCUT2D eigenvalue weighted by molar-refractivity contribution is -0.116. The fourth-order valence-corrected chi connectivity index (χ4v) is 7.27. The average Bonchev–Trinajstić information content (AvgIpc) is 2.68. The number of amides is 1. The molecule has 0 spiro atoms. The molecule has 4 heteroatoms. The maximum Gasteiger partial charge on any atom is 0.212 e. The number of benzene rings is 3. The molecule has 0 N–H and O–H groups in total. The largest absolute Gasteiger partial charge is 1.00 e. The van der Waals surface area contributed by atoms with Crippen LogP contribution in [0.4, 0.5) is 0 Å². The molecule has 0 saturated carbocycles. The zero-order chi connectivity index (χ0) is 16.8. The number of nitrogens with zero attached hydrogens (tertiary/aromatic N) is 1. The van der Waals surface area contributed by atoms with Crippen LogP contribution in [0.3, 0.4) is 0 Å². The molecule has 0 radical (unpaired) electrons. The van der Waals surface area contributed by atoms with E-state index in [-0.39, 0.29) is 12.4 Å². The van der Waals surface area contributed by atoms with Gasteiger partial charge in [0.25, 0.3) is 0 Å². The summed E-state index contributed by atoms with van der Waals surface area (Å²) in [6.45, 7) is 0. The van der Waals surface area contributed by atoms with Crippen molar-refractivity contribution in [3.8, 4) is 0 Å². The van der Waals surface area contributed by atoms with E-state index < -0.39 is 7.26 Å². The lowest BCUT2D eigenvalue weighted by Crippen LogP contribution is -3.00. The summed E-state index contributed by atoms with van der Waals surface area (Å²) in [5, 5.41) is 3.86. The van der Waals surface area contributed by atoms with E-state index in [0.717, 1.165) is 6.41 Å². The number of rotatable bonds is 6. The first-order valence-electron chi connectivity index (χ1n) is 7.98. The summed E-state index contributed by atoms with van der Waals surface area (Å²) in [7, 11) is -0.0735. The molecule has 25 heavy (non-hydrogen) atoms. The van der Waals surface area contributed by atoms with Gasteiger partial charge in [0.2, 0.25) is 6.41 Å². The fraction of sp³-hybridized carbons (Fsp3) is 0.0952. The van der Waals surface area contributed by atoms with Gasteiger partial charge in [-0.25, -0.2) is 0 Å². The van der Waals surface area contributed by atoms with Gasteiger partial charge in [0, 0.05) is 7.05 Å². The number of halogens is 1. The topological polar surface area (TPSA) is 20.3 Å². The van der Waals surface area contributed by atoms with Crippen molar-refractivity contribution in [1.82, 2.24) is 4.90 Å². The van der Waals surface area contributed by atoms with Crippen LogP contribution in [0.15, 0.2) is 91.0 Å². The maximum absolute atomic E-state index is 11.4. The molecule has 0 aromatic heterocycles. The minimum Gasteiger partial charge on any atom is -1.00 e. The molecule has 0 aliphatic rings. The van der Waals surface area contributed by atoms with Crippen LogP contribution in [0.25, 0.3) is 0 Å². The van der Waals surface area contributed by atoms with Crippen molar-refractivity contribution in [2.75, 3.05) is 13.3 Å². The Hall–Kier alpha value is -2.15. The van der Waals surface area contributed by atoms with E-state index in [9.17, 15) is 4.79 Å². The molecule has 0 aliphatic carbocycles. The summed E-state index contributed by atoms with van der Waals surface area (Å²) in [6, 6.07) is 31.7. The van der Waals surface area contributed by atoms with E-state index in [1.165, 1.54) is 15.9 Å². The van der Waals surface area contributed by atoms with Gasteiger partial charge >= 0.3 is 0 Å². The van der Waals surface area contributed by atoms with Crippen molar-refractivity contribution < 1.29 is 17.2 Å². The van der Waals surface area contributed by atoms with Crippen molar-refractivity contribution in [3.05, 3.63) is 91.0 Å². The van der Waals surface area contributed by atoms with E-state index in [1.54, 1.807) is 4.90 Å². The molecule has 0 fully saturated rings. The molecule has 0 saturated heterocycles. The van der Waals surface area contributed by atoms with Crippen LogP contribution in [0.2, 0.25) is 0 Å². The van der Waals surface area contributed by atoms with Crippen LogP contribution in [-0.2, 0) is 4.79 Å². The zero-order valence-electron chi connectivity index (χ0n) is 14.1. The molecular formula is C21H21ClNOP. The van der Waals surface area contributed by atoms with Crippen LogP contribution in [-0.4, -0.2) is 24.6 Å². The Balaban J connectivity index is 0.00000225. The van der Waals surface area contributed by atoms with Gasteiger partial charge in [-0.05, 0) is 36.4 Å². The van der Waals surface area contributed by atoms with Gasteiger partial charge in [0.05, 0.1) is 0 Å². The highest BCUT2D eigenvalue weighted by Crippen LogP contribution is 2.55. The van der Waals surface area contributed by atoms with Crippen LogP contribution in [0.5, 0.6) is 0 Å². The minimum absolute atomic E-state index is 0. The van der Waals surface area contributed by atoms with Crippen molar-refractivity contribution >= 4 is 29.6 Å². The van der Waals surface area contributed by atoms with Gasteiger partial charge < -0.3 is 17.3 Å². The average molecular weight is 370 g/mol. The van der Waals surface area contributed by atoms with Crippen molar-refractivity contribution in [2.24, 2.45) is 0 Å². The van der Waals surface area contributed by atoms with Crippen molar-refractivity contribution in [2.45, 2.75) is 0 Å². The molecule has 3 aromatic rings. The van der Waals surface area contributed by atoms with E-state index >= 15 is 0 Å². The lowest BCUT2D eigenvalue weighted by atomic mass is 10.4. The Morgan fingerprint density at radius 2 is 1.04 bits per heavy atom. The first-order chi connectivity index (χ1) is 11.8. The smallest absolute Gasteiger partial charge is 0.212 e. The summed E-state index contributed by atoms with van der Waals surface area (Å²) in [5.74, 6) is 0. The normalized spacial score (nSPS) is 10.6. The Morgan fingerprint density at radius 1 is 0.720 bits per heavy atom. The standard InChI is InChI=1S/C21H21NOP.ClH/c1-22(17-23)18-24(19-11-5-2-6-12-19,20-13-7-3-8-14-20)21-15-9-4-10-16-21;/h2-17H,18H2,1H3;1H/q+1;/p-1. The second kappa shape index (κ2) is 8.80. The highest BCUT2D eigenvalue weighted by Gasteiger charge is 2.46. The Kier molecular flexibility index (Phi) is 6.75. The predicted octanol–water partition coefficient (Wildman–Crippen LogP) is 0.0302. The highest BCUT2D eigenvalue weighted by molar-refractivity contribution is 7.95. The molecule has 1 amide bonds. The number of carbonyl (C=O) groups is 1. The fourth-order valence-electron chi connectivity index (χ4n) is 3.11. The predicted molar refractivity (Wildman–Crippen MR) is 104 cm³/mol. The van der Waals surface area contributed by atoms with Gasteiger partial charge in [-0.3, -0.25) is 4.79 Å². The van der Waals surface area contributed by atoms with Crippen molar-refractivity contribution in [3.63, 3.8) is 0 Å². The Bertz CT molecular complexity index is 684. The van der Waals surface area contributed by atoms with Crippen LogP contribution in [0.1, 0.15) is 0 Å². The molecule has 0 bridgehead atoms. The molecule has 128 valence electrons. The van der Waals surface area contributed by atoms with E-state index in [2.05, 4.69) is 72.8 Å². The van der Waals surface area contributed by atoms with Gasteiger partial charge in [-0.2, -0.15) is 0 Å². The third-order valence-electron chi connectivity index (χ3n) is 4.21. The Morgan fingerprint density at radius 3 is 1.32 bits per heavy atom. The molecule has 0 aliphatic heterocycles. The number of hydrogen-bond donors (Lipinski definition) is 0. The highest BCUT2D eigenvalue weighted by atomic mass is 35.5. The molecule has 2 nitrogen and oxygen atoms in total. The number of carbonyl (C=O) groups excluding carboxylic acids is 1. The van der Waals surface area contributed by atoms with Gasteiger partial charge in [-0.15, -0.1) is 0 Å². The second-order valence-corrected chi connectivity index (χ2v) is 9.27. The molecule has 3 rings (SSSR count). The first kappa shape index (κ1) is 19.2. The summed E-state index contributed by atoms with van der Waals surface area (Å²) in [6.07, 6.45) is 1.61. The summed E-state index contributed by atoms with van der Waals surface area (Å²) < 4.78 is 0. The SMILES string of the molecule is CN(C=O)C[P+](c1ccccc1)(c1ccccc1)c1ccccc1.[Cl-]. The second-order valence-electron chi connectivity index (χ2n) is 5.82. The summed E-state index contributed by atoms with van der Waals surface area (Å²) in [5.41, 5.74) is 0. The van der Waals surface area contributed by atoms with E-state index in [1.807, 2.05) is 25.2 Å².